The minimum absolute atomic E-state index is 0.0233. The fourth-order valence-corrected chi connectivity index (χ4v) is 3.43. The van der Waals surface area contributed by atoms with Gasteiger partial charge in [-0.3, -0.25) is 13.9 Å². The molecule has 1 aliphatic rings. The van der Waals surface area contributed by atoms with Gasteiger partial charge in [0.15, 0.2) is 11.2 Å². The van der Waals surface area contributed by atoms with E-state index in [4.69, 9.17) is 0 Å². The Labute approximate surface area is 144 Å². The van der Waals surface area contributed by atoms with Crippen molar-refractivity contribution in [2.24, 2.45) is 14.1 Å². The zero-order valence-electron chi connectivity index (χ0n) is 14.6. The molecular weight excluding hydrogens is 326 g/mol. The average Bonchev–Trinajstić information content (AvgIpc) is 2.97. The summed E-state index contributed by atoms with van der Waals surface area (Å²) in [6.45, 7) is -0.399. The highest BCUT2D eigenvalue weighted by Gasteiger charge is 2.23. The zero-order chi connectivity index (χ0) is 18.1. The van der Waals surface area contributed by atoms with E-state index in [1.54, 1.807) is 11.6 Å². The van der Waals surface area contributed by atoms with Crippen molar-refractivity contribution in [2.75, 3.05) is 11.9 Å². The molecule has 1 fully saturated rings. The number of hydrogen-bond acceptors (Lipinski definition) is 6. The van der Waals surface area contributed by atoms with Crippen molar-refractivity contribution in [3.8, 4) is 0 Å². The van der Waals surface area contributed by atoms with Gasteiger partial charge in [-0.1, -0.05) is 19.3 Å². The second-order valence-electron chi connectivity index (χ2n) is 6.74. The molecule has 0 aromatic carbocycles. The van der Waals surface area contributed by atoms with Crippen LogP contribution in [0.1, 0.15) is 32.1 Å². The van der Waals surface area contributed by atoms with Gasteiger partial charge in [0.2, 0.25) is 5.95 Å². The molecule has 9 heteroatoms. The largest absolute Gasteiger partial charge is 0.394 e. The zero-order valence-corrected chi connectivity index (χ0v) is 14.6. The second kappa shape index (κ2) is 7.01. The first kappa shape index (κ1) is 17.7. The molecule has 0 spiro atoms. The van der Waals surface area contributed by atoms with Crippen molar-refractivity contribution in [1.82, 2.24) is 18.7 Å². The fraction of sp³-hybridized carbons (Fsp3) is 0.688. The Hall–Kier alpha value is -2.13. The van der Waals surface area contributed by atoms with E-state index in [0.717, 1.165) is 30.3 Å². The van der Waals surface area contributed by atoms with E-state index in [1.807, 2.05) is 0 Å². The summed E-state index contributed by atoms with van der Waals surface area (Å²) < 4.78 is 3.92. The summed E-state index contributed by atoms with van der Waals surface area (Å²) in [5.41, 5.74) is -0.395. The van der Waals surface area contributed by atoms with E-state index in [0.29, 0.717) is 5.95 Å². The molecule has 25 heavy (non-hydrogen) atoms. The van der Waals surface area contributed by atoms with Crippen LogP contribution in [0.25, 0.3) is 11.2 Å². The maximum atomic E-state index is 12.6. The van der Waals surface area contributed by atoms with E-state index in [2.05, 4.69) is 10.3 Å². The molecule has 9 nitrogen and oxygen atoms in total. The van der Waals surface area contributed by atoms with Crippen LogP contribution >= 0.6 is 0 Å². The molecule has 0 bridgehead atoms. The van der Waals surface area contributed by atoms with Gasteiger partial charge in [0.05, 0.1) is 19.3 Å². The third kappa shape index (κ3) is 3.21. The highest BCUT2D eigenvalue weighted by Crippen LogP contribution is 2.23. The molecule has 0 aliphatic heterocycles. The van der Waals surface area contributed by atoms with Crippen molar-refractivity contribution >= 4 is 17.1 Å². The number of nitrogens with one attached hydrogen (secondary N) is 1. The van der Waals surface area contributed by atoms with Crippen LogP contribution < -0.4 is 16.6 Å². The number of rotatable bonds is 5. The number of imidazole rings is 1. The standard InChI is InChI=1S/C16H25N5O4/c1-19-13-12(14(24)20(2)16(19)25)21(8-11(23)9-22)15(18-13)17-10-6-4-3-5-7-10/h10-11,22-23H,3-9H2,1-2H3,(H,17,18)/t11-/m0/s1. The van der Waals surface area contributed by atoms with Crippen LogP contribution in [0.2, 0.25) is 0 Å². The lowest BCUT2D eigenvalue weighted by Crippen LogP contribution is -2.38. The Bertz CT molecular complexity index is 875. The van der Waals surface area contributed by atoms with Crippen molar-refractivity contribution in [3.05, 3.63) is 20.8 Å². The number of aromatic nitrogens is 4. The van der Waals surface area contributed by atoms with Crippen LogP contribution in [0.15, 0.2) is 9.59 Å². The average molecular weight is 351 g/mol. The van der Waals surface area contributed by atoms with Crippen molar-refractivity contribution in [3.63, 3.8) is 0 Å². The van der Waals surface area contributed by atoms with E-state index in [9.17, 15) is 19.8 Å². The van der Waals surface area contributed by atoms with Gasteiger partial charge >= 0.3 is 5.69 Å². The van der Waals surface area contributed by atoms with Gasteiger partial charge in [0.25, 0.3) is 5.56 Å². The smallest absolute Gasteiger partial charge is 0.332 e. The molecule has 0 unspecified atom stereocenters. The summed E-state index contributed by atoms with van der Waals surface area (Å²) in [4.78, 5) is 29.2. The molecule has 0 saturated heterocycles. The Kier molecular flexibility index (Phi) is 4.96. The third-order valence-corrected chi connectivity index (χ3v) is 4.89. The molecule has 1 atom stereocenters. The maximum absolute atomic E-state index is 12.6. The lowest BCUT2D eigenvalue weighted by atomic mass is 9.96. The Balaban J connectivity index is 2.15. The van der Waals surface area contributed by atoms with Gasteiger partial charge in [-0.05, 0) is 12.8 Å². The fourth-order valence-electron chi connectivity index (χ4n) is 3.43. The summed E-state index contributed by atoms with van der Waals surface area (Å²) in [7, 11) is 2.98. The molecule has 2 aromatic heterocycles. The molecule has 1 aliphatic carbocycles. The van der Waals surface area contributed by atoms with Crippen LogP contribution in [-0.4, -0.2) is 47.7 Å². The first-order chi connectivity index (χ1) is 11.9. The van der Waals surface area contributed by atoms with Gasteiger partial charge in [0.1, 0.15) is 0 Å². The van der Waals surface area contributed by atoms with Gasteiger partial charge in [-0.2, -0.15) is 4.98 Å². The van der Waals surface area contributed by atoms with E-state index in [1.165, 1.54) is 18.0 Å². The van der Waals surface area contributed by atoms with Crippen molar-refractivity contribution in [2.45, 2.75) is 50.8 Å². The maximum Gasteiger partial charge on any atom is 0.332 e. The second-order valence-corrected chi connectivity index (χ2v) is 6.74. The number of fused-ring (bicyclic) bond motifs is 1. The minimum atomic E-state index is -1.02. The molecule has 2 heterocycles. The minimum Gasteiger partial charge on any atom is -0.394 e. The predicted octanol–water partition coefficient (Wildman–Crippen LogP) is -0.468. The first-order valence-corrected chi connectivity index (χ1v) is 8.65. The van der Waals surface area contributed by atoms with Gasteiger partial charge in [-0.25, -0.2) is 4.79 Å². The van der Waals surface area contributed by atoms with Crippen LogP contribution in [0.3, 0.4) is 0 Å². The number of nitrogens with zero attached hydrogens (tertiary/aromatic N) is 4. The van der Waals surface area contributed by atoms with Crippen molar-refractivity contribution in [1.29, 1.82) is 0 Å². The van der Waals surface area contributed by atoms with Gasteiger partial charge in [-0.15, -0.1) is 0 Å². The third-order valence-electron chi connectivity index (χ3n) is 4.89. The van der Waals surface area contributed by atoms with Crippen molar-refractivity contribution < 1.29 is 10.2 Å². The summed E-state index contributed by atoms with van der Waals surface area (Å²) in [5.74, 6) is 0.452. The molecule has 3 N–H and O–H groups in total. The molecule has 1 saturated carbocycles. The lowest BCUT2D eigenvalue weighted by Gasteiger charge is -2.24. The Morgan fingerprint density at radius 2 is 1.88 bits per heavy atom. The monoisotopic (exact) mass is 351 g/mol. The molecular formula is C16H25N5O4. The summed E-state index contributed by atoms with van der Waals surface area (Å²) >= 11 is 0. The van der Waals surface area contributed by atoms with Gasteiger partial charge < -0.3 is 20.1 Å². The highest BCUT2D eigenvalue weighted by molar-refractivity contribution is 5.74. The van der Waals surface area contributed by atoms with Crippen LogP contribution in [0.5, 0.6) is 0 Å². The van der Waals surface area contributed by atoms with E-state index >= 15 is 0 Å². The Morgan fingerprint density at radius 1 is 1.20 bits per heavy atom. The summed E-state index contributed by atoms with van der Waals surface area (Å²) in [5, 5.41) is 22.5. The molecule has 138 valence electrons. The van der Waals surface area contributed by atoms with Crippen LogP contribution in [0, 0.1) is 0 Å². The van der Waals surface area contributed by atoms with Gasteiger partial charge in [0, 0.05) is 20.1 Å². The molecule has 2 aromatic rings. The SMILES string of the molecule is Cn1c(=O)c2c(nc(NC3CCCCC3)n2C[C@H](O)CO)n(C)c1=O. The molecule has 3 rings (SSSR count). The molecule has 0 amide bonds. The topological polar surface area (TPSA) is 114 Å². The highest BCUT2D eigenvalue weighted by atomic mass is 16.3. The number of hydrogen-bond donors (Lipinski definition) is 3. The number of anilines is 1. The predicted molar refractivity (Wildman–Crippen MR) is 93.8 cm³/mol. The van der Waals surface area contributed by atoms with Crippen LogP contribution in [0.4, 0.5) is 5.95 Å². The number of aryl methyl sites for hydroxylation is 1. The normalized spacial score (nSPS) is 17.1. The summed E-state index contributed by atoms with van der Waals surface area (Å²) in [6.07, 6.45) is 4.50. The number of aliphatic hydroxyl groups excluding tert-OH is 2. The Morgan fingerprint density at radius 3 is 2.52 bits per heavy atom. The number of aliphatic hydroxyl groups is 2. The summed E-state index contributed by atoms with van der Waals surface area (Å²) in [6, 6.07) is 0.247. The lowest BCUT2D eigenvalue weighted by molar-refractivity contribution is 0.0824. The quantitative estimate of drug-likeness (QED) is 0.671. The molecule has 0 radical (unpaired) electrons. The van der Waals surface area contributed by atoms with Crippen LogP contribution in [-0.2, 0) is 20.6 Å². The van der Waals surface area contributed by atoms with E-state index in [-0.39, 0.29) is 23.8 Å². The van der Waals surface area contributed by atoms with E-state index < -0.39 is 24.0 Å². The first-order valence-electron chi connectivity index (χ1n) is 8.65.